The molecule has 0 aliphatic heterocycles. The molecule has 1 aliphatic carbocycles. The van der Waals surface area contributed by atoms with Crippen molar-refractivity contribution < 1.29 is 9.90 Å². The van der Waals surface area contributed by atoms with Gasteiger partial charge in [0.05, 0.1) is 5.69 Å². The Hall–Kier alpha value is -1.42. The molecule has 1 aromatic heterocycles. The Balaban J connectivity index is 1.87. The van der Waals surface area contributed by atoms with Crippen molar-refractivity contribution in [2.24, 2.45) is 5.92 Å². The molecule has 1 fully saturated rings. The molecule has 1 aromatic rings. The van der Waals surface area contributed by atoms with Crippen LogP contribution in [-0.4, -0.2) is 22.1 Å². The molecule has 2 atom stereocenters. The number of carbonyl (C=O) groups is 1. The molecule has 1 saturated carbocycles. The van der Waals surface area contributed by atoms with Crippen LogP contribution in [0.3, 0.4) is 0 Å². The summed E-state index contributed by atoms with van der Waals surface area (Å²) in [5.41, 5.74) is 0.922. The van der Waals surface area contributed by atoms with Gasteiger partial charge >= 0.3 is 5.97 Å². The Kier molecular flexibility index (Phi) is 4.91. The lowest BCUT2D eigenvalue weighted by atomic mass is 10.0. The van der Waals surface area contributed by atoms with Gasteiger partial charge in [0.1, 0.15) is 5.69 Å². The maximum atomic E-state index is 10.9. The summed E-state index contributed by atoms with van der Waals surface area (Å²) < 4.78 is 0. The van der Waals surface area contributed by atoms with Gasteiger partial charge in [-0.15, -0.1) is 0 Å². The molecule has 19 heavy (non-hydrogen) atoms. The van der Waals surface area contributed by atoms with Crippen molar-refractivity contribution in [2.45, 2.75) is 51.6 Å². The average molecular weight is 262 g/mol. The van der Waals surface area contributed by atoms with E-state index in [2.05, 4.69) is 17.2 Å². The normalized spacial score (nSPS) is 23.8. The van der Waals surface area contributed by atoms with E-state index >= 15 is 0 Å². The molecule has 0 saturated heterocycles. The van der Waals surface area contributed by atoms with Crippen LogP contribution in [0, 0.1) is 5.92 Å². The van der Waals surface area contributed by atoms with Crippen molar-refractivity contribution in [1.82, 2.24) is 10.3 Å². The number of rotatable bonds is 4. The summed E-state index contributed by atoms with van der Waals surface area (Å²) >= 11 is 0. The minimum Gasteiger partial charge on any atom is -0.477 e. The molecule has 0 aromatic carbocycles. The molecular weight excluding hydrogens is 240 g/mol. The van der Waals surface area contributed by atoms with Crippen molar-refractivity contribution in [3.63, 3.8) is 0 Å². The highest BCUT2D eigenvalue weighted by Crippen LogP contribution is 2.22. The fourth-order valence-electron chi connectivity index (χ4n) is 2.64. The first-order valence-corrected chi connectivity index (χ1v) is 7.08. The van der Waals surface area contributed by atoms with Gasteiger partial charge in [-0.05, 0) is 37.3 Å². The summed E-state index contributed by atoms with van der Waals surface area (Å²) in [6, 6.07) is 5.70. The Morgan fingerprint density at radius 3 is 3.00 bits per heavy atom. The monoisotopic (exact) mass is 262 g/mol. The largest absolute Gasteiger partial charge is 0.477 e. The highest BCUT2D eigenvalue weighted by atomic mass is 16.4. The second-order valence-electron chi connectivity index (χ2n) is 5.51. The first kappa shape index (κ1) is 14.0. The number of aromatic nitrogens is 1. The third-order valence-electron chi connectivity index (χ3n) is 3.86. The van der Waals surface area contributed by atoms with Gasteiger partial charge < -0.3 is 10.4 Å². The van der Waals surface area contributed by atoms with Gasteiger partial charge in [0.2, 0.25) is 0 Å². The molecule has 2 unspecified atom stereocenters. The summed E-state index contributed by atoms with van der Waals surface area (Å²) in [5.74, 6) is -0.134. The van der Waals surface area contributed by atoms with Crippen LogP contribution in [0.5, 0.6) is 0 Å². The highest BCUT2D eigenvalue weighted by molar-refractivity contribution is 5.85. The van der Waals surface area contributed by atoms with Crippen molar-refractivity contribution in [1.29, 1.82) is 0 Å². The smallest absolute Gasteiger partial charge is 0.354 e. The van der Waals surface area contributed by atoms with Crippen LogP contribution in [0.1, 0.15) is 55.2 Å². The van der Waals surface area contributed by atoms with Gasteiger partial charge in [-0.25, -0.2) is 9.78 Å². The van der Waals surface area contributed by atoms with Gasteiger partial charge in [-0.2, -0.15) is 0 Å². The molecule has 2 N–H and O–H groups in total. The Morgan fingerprint density at radius 1 is 1.37 bits per heavy atom. The maximum absolute atomic E-state index is 10.9. The highest BCUT2D eigenvalue weighted by Gasteiger charge is 2.15. The van der Waals surface area contributed by atoms with E-state index in [0.29, 0.717) is 12.6 Å². The van der Waals surface area contributed by atoms with E-state index in [-0.39, 0.29) is 5.69 Å². The summed E-state index contributed by atoms with van der Waals surface area (Å²) in [7, 11) is 0. The van der Waals surface area contributed by atoms with E-state index in [1.807, 2.05) is 6.07 Å². The van der Waals surface area contributed by atoms with Gasteiger partial charge in [0.25, 0.3) is 0 Å². The van der Waals surface area contributed by atoms with Gasteiger partial charge in [-0.3, -0.25) is 0 Å². The second kappa shape index (κ2) is 6.66. The average Bonchev–Trinajstić information content (AvgIpc) is 2.61. The van der Waals surface area contributed by atoms with E-state index in [0.717, 1.165) is 11.6 Å². The second-order valence-corrected chi connectivity index (χ2v) is 5.51. The number of aromatic carboxylic acids is 1. The quantitative estimate of drug-likeness (QED) is 0.819. The fraction of sp³-hybridized carbons (Fsp3) is 0.600. The molecule has 4 nitrogen and oxygen atoms in total. The van der Waals surface area contributed by atoms with E-state index in [1.54, 1.807) is 6.07 Å². The van der Waals surface area contributed by atoms with Gasteiger partial charge in [-0.1, -0.05) is 25.8 Å². The van der Waals surface area contributed by atoms with Crippen LogP contribution in [0.4, 0.5) is 0 Å². The fourth-order valence-corrected chi connectivity index (χ4v) is 2.64. The number of hydrogen-bond donors (Lipinski definition) is 2. The standard InChI is InChI=1S/C15H22N2O2/c1-11-4-2-5-12(9-8-11)16-10-13-6-3-7-14(17-13)15(18)19/h3,6-7,11-12,16H,2,4-5,8-10H2,1H3,(H,18,19). The molecule has 0 amide bonds. The molecule has 1 heterocycles. The third kappa shape index (κ3) is 4.31. The third-order valence-corrected chi connectivity index (χ3v) is 3.86. The molecule has 0 spiro atoms. The molecule has 4 heteroatoms. The molecule has 104 valence electrons. The number of carboxylic acid groups (broad SMARTS) is 1. The molecule has 0 bridgehead atoms. The lowest BCUT2D eigenvalue weighted by Crippen LogP contribution is -2.28. The summed E-state index contributed by atoms with van der Waals surface area (Å²) in [6.07, 6.45) is 6.30. The Bertz CT molecular complexity index is 434. The Morgan fingerprint density at radius 2 is 2.21 bits per heavy atom. The predicted molar refractivity (Wildman–Crippen MR) is 74.1 cm³/mol. The van der Waals surface area contributed by atoms with E-state index < -0.39 is 5.97 Å². The number of nitrogens with one attached hydrogen (secondary N) is 1. The lowest BCUT2D eigenvalue weighted by molar-refractivity contribution is 0.0690. The van der Waals surface area contributed by atoms with E-state index in [4.69, 9.17) is 5.11 Å². The molecular formula is C15H22N2O2. The summed E-state index contributed by atoms with van der Waals surface area (Å²) in [4.78, 5) is 15.0. The SMILES string of the molecule is CC1CCCC(NCc2cccc(C(=O)O)n2)CC1. The predicted octanol–water partition coefficient (Wildman–Crippen LogP) is 2.84. The van der Waals surface area contributed by atoms with Crippen molar-refractivity contribution in [3.05, 3.63) is 29.6 Å². The Labute approximate surface area is 114 Å². The summed E-state index contributed by atoms with van der Waals surface area (Å²) in [5, 5.41) is 12.4. The minimum absolute atomic E-state index is 0.119. The van der Waals surface area contributed by atoms with Crippen molar-refractivity contribution in [2.75, 3.05) is 0 Å². The molecule has 2 rings (SSSR count). The molecule has 0 radical (unpaired) electrons. The lowest BCUT2D eigenvalue weighted by Gasteiger charge is -2.16. The maximum Gasteiger partial charge on any atom is 0.354 e. The zero-order valence-electron chi connectivity index (χ0n) is 11.4. The van der Waals surface area contributed by atoms with E-state index in [1.165, 1.54) is 38.2 Å². The number of pyridine rings is 1. The number of carboxylic acids is 1. The number of nitrogens with zero attached hydrogens (tertiary/aromatic N) is 1. The molecule has 1 aliphatic rings. The topological polar surface area (TPSA) is 62.2 Å². The van der Waals surface area contributed by atoms with Crippen LogP contribution >= 0.6 is 0 Å². The van der Waals surface area contributed by atoms with Crippen LogP contribution in [0.15, 0.2) is 18.2 Å². The first-order chi connectivity index (χ1) is 9.15. The zero-order chi connectivity index (χ0) is 13.7. The van der Waals surface area contributed by atoms with Crippen LogP contribution in [0.25, 0.3) is 0 Å². The zero-order valence-corrected chi connectivity index (χ0v) is 11.4. The van der Waals surface area contributed by atoms with Crippen molar-refractivity contribution >= 4 is 5.97 Å². The number of hydrogen-bond acceptors (Lipinski definition) is 3. The van der Waals surface area contributed by atoms with Crippen LogP contribution in [-0.2, 0) is 6.54 Å². The first-order valence-electron chi connectivity index (χ1n) is 7.08. The van der Waals surface area contributed by atoms with E-state index in [9.17, 15) is 4.79 Å². The van der Waals surface area contributed by atoms with Gasteiger partial charge in [0, 0.05) is 12.6 Å². The van der Waals surface area contributed by atoms with Crippen LogP contribution in [0.2, 0.25) is 0 Å². The van der Waals surface area contributed by atoms with Crippen molar-refractivity contribution in [3.8, 4) is 0 Å². The minimum atomic E-state index is -0.967. The van der Waals surface area contributed by atoms with Gasteiger partial charge in [0.15, 0.2) is 0 Å². The van der Waals surface area contributed by atoms with Crippen LogP contribution < -0.4 is 5.32 Å². The summed E-state index contributed by atoms with van der Waals surface area (Å²) in [6.45, 7) is 2.97.